The number of ether oxygens (including phenoxy) is 2. The number of allylic oxidation sites excluding steroid dienone is 2. The van der Waals surface area contributed by atoms with E-state index in [1.807, 2.05) is 0 Å². The summed E-state index contributed by atoms with van der Waals surface area (Å²) >= 11 is 0. The lowest BCUT2D eigenvalue weighted by Crippen LogP contribution is -2.38. The van der Waals surface area contributed by atoms with Crippen LogP contribution in [-0.4, -0.2) is 37.0 Å². The molecule has 0 spiro atoms. The highest BCUT2D eigenvalue weighted by Crippen LogP contribution is 2.10. The minimum absolute atomic E-state index is 0.0950. The number of nitrogens with one attached hydrogen (secondary N) is 2. The molecule has 0 aromatic carbocycles. The van der Waals surface area contributed by atoms with E-state index in [1.54, 1.807) is 13.8 Å². The second kappa shape index (κ2) is 7.07. The Balaban J connectivity index is 2.98. The van der Waals surface area contributed by atoms with Gasteiger partial charge in [-0.1, -0.05) is 0 Å². The van der Waals surface area contributed by atoms with Crippen molar-refractivity contribution in [3.8, 4) is 0 Å². The molecule has 8 nitrogen and oxygen atoms in total. The maximum absolute atomic E-state index is 11.7. The van der Waals surface area contributed by atoms with Gasteiger partial charge in [0.15, 0.2) is 0 Å². The third-order valence-electron chi connectivity index (χ3n) is 2.13. The molecule has 8 heteroatoms. The standard InChI is InChI=1S/C12H14N2O6/c1-3-19-11(17)13-9-7(15)5-6-8(16)10(9)14-12(18)20-4-2/h5-6H,3-4H2,1-2H3,(H,13,17)(H,14,18). The highest BCUT2D eigenvalue weighted by molar-refractivity contribution is 6.21. The van der Waals surface area contributed by atoms with E-state index in [0.29, 0.717) is 0 Å². The van der Waals surface area contributed by atoms with E-state index in [9.17, 15) is 19.2 Å². The summed E-state index contributed by atoms with van der Waals surface area (Å²) in [5, 5.41) is 4.25. The van der Waals surface area contributed by atoms with Crippen LogP contribution in [0.5, 0.6) is 0 Å². The lowest BCUT2D eigenvalue weighted by molar-refractivity contribution is -0.115. The first-order valence-corrected chi connectivity index (χ1v) is 5.88. The van der Waals surface area contributed by atoms with Crippen LogP contribution in [0.15, 0.2) is 23.5 Å². The van der Waals surface area contributed by atoms with Gasteiger partial charge in [0, 0.05) is 0 Å². The Morgan fingerprint density at radius 3 is 1.55 bits per heavy atom. The second-order valence-corrected chi connectivity index (χ2v) is 3.50. The lowest BCUT2D eigenvalue weighted by Gasteiger charge is -2.15. The van der Waals surface area contributed by atoms with Gasteiger partial charge in [0.2, 0.25) is 11.6 Å². The summed E-state index contributed by atoms with van der Waals surface area (Å²) in [5.74, 6) is -1.27. The Bertz CT molecular complexity index is 462. The molecule has 1 aliphatic carbocycles. The molecule has 20 heavy (non-hydrogen) atoms. The summed E-state index contributed by atoms with van der Waals surface area (Å²) in [4.78, 5) is 46.0. The van der Waals surface area contributed by atoms with Crippen molar-refractivity contribution in [1.29, 1.82) is 0 Å². The molecule has 0 unspecified atom stereocenters. The summed E-state index contributed by atoms with van der Waals surface area (Å²) in [6, 6.07) is 0. The zero-order valence-electron chi connectivity index (χ0n) is 11.0. The largest absolute Gasteiger partial charge is 0.450 e. The van der Waals surface area contributed by atoms with Gasteiger partial charge in [-0.25, -0.2) is 9.59 Å². The molecule has 1 aliphatic rings. The molecule has 2 amide bonds. The van der Waals surface area contributed by atoms with Crippen LogP contribution in [0.25, 0.3) is 0 Å². The van der Waals surface area contributed by atoms with Crippen molar-refractivity contribution in [2.24, 2.45) is 0 Å². The molecule has 0 radical (unpaired) electrons. The molecule has 0 fully saturated rings. The van der Waals surface area contributed by atoms with E-state index < -0.39 is 23.8 Å². The fourth-order valence-corrected chi connectivity index (χ4v) is 1.35. The van der Waals surface area contributed by atoms with Crippen molar-refractivity contribution in [3.05, 3.63) is 23.5 Å². The van der Waals surface area contributed by atoms with Crippen LogP contribution in [0, 0.1) is 0 Å². The molecule has 0 aliphatic heterocycles. The van der Waals surface area contributed by atoms with Crippen molar-refractivity contribution < 1.29 is 28.7 Å². The van der Waals surface area contributed by atoms with Crippen LogP contribution in [0.2, 0.25) is 0 Å². The summed E-state index contributed by atoms with van der Waals surface area (Å²) in [7, 11) is 0. The molecule has 0 bridgehead atoms. The zero-order chi connectivity index (χ0) is 15.1. The van der Waals surface area contributed by atoms with Gasteiger partial charge in [-0.2, -0.15) is 0 Å². The number of ketones is 2. The summed E-state index contributed by atoms with van der Waals surface area (Å²) < 4.78 is 9.23. The van der Waals surface area contributed by atoms with Gasteiger partial charge >= 0.3 is 12.2 Å². The van der Waals surface area contributed by atoms with E-state index in [4.69, 9.17) is 0 Å². The van der Waals surface area contributed by atoms with Crippen molar-refractivity contribution in [2.75, 3.05) is 13.2 Å². The van der Waals surface area contributed by atoms with E-state index in [-0.39, 0.29) is 24.6 Å². The van der Waals surface area contributed by atoms with Crippen LogP contribution >= 0.6 is 0 Å². The monoisotopic (exact) mass is 282 g/mol. The summed E-state index contributed by atoms with van der Waals surface area (Å²) in [5.41, 5.74) is -0.715. The normalized spacial score (nSPS) is 14.1. The number of amides is 2. The molecule has 0 atom stereocenters. The van der Waals surface area contributed by atoms with E-state index in [0.717, 1.165) is 12.2 Å². The molecule has 108 valence electrons. The number of carbonyl (C=O) groups is 4. The molecule has 0 aromatic rings. The van der Waals surface area contributed by atoms with Gasteiger partial charge in [0.1, 0.15) is 11.4 Å². The highest BCUT2D eigenvalue weighted by Gasteiger charge is 2.26. The predicted molar refractivity (Wildman–Crippen MR) is 66.5 cm³/mol. The van der Waals surface area contributed by atoms with Crippen LogP contribution < -0.4 is 10.6 Å². The Morgan fingerprint density at radius 2 is 1.25 bits per heavy atom. The highest BCUT2D eigenvalue weighted by atomic mass is 16.6. The Hall–Kier alpha value is -2.64. The topological polar surface area (TPSA) is 111 Å². The lowest BCUT2D eigenvalue weighted by atomic mass is 10.1. The van der Waals surface area contributed by atoms with Crippen LogP contribution in [0.3, 0.4) is 0 Å². The first kappa shape index (κ1) is 15.4. The molecule has 0 heterocycles. The number of hydrogen-bond donors (Lipinski definition) is 2. The molecule has 0 saturated heterocycles. The van der Waals surface area contributed by atoms with E-state index in [1.165, 1.54) is 0 Å². The molecular formula is C12H14N2O6. The zero-order valence-corrected chi connectivity index (χ0v) is 11.0. The maximum atomic E-state index is 11.7. The minimum Gasteiger partial charge on any atom is -0.450 e. The third kappa shape index (κ3) is 3.94. The van der Waals surface area contributed by atoms with Crippen LogP contribution in [-0.2, 0) is 19.1 Å². The number of alkyl carbamates (subject to hydrolysis) is 2. The average molecular weight is 282 g/mol. The van der Waals surface area contributed by atoms with Crippen molar-refractivity contribution >= 4 is 23.8 Å². The first-order chi connectivity index (χ1) is 9.49. The van der Waals surface area contributed by atoms with Gasteiger partial charge in [-0.3, -0.25) is 20.2 Å². The molecular weight excluding hydrogens is 268 g/mol. The number of rotatable bonds is 4. The van der Waals surface area contributed by atoms with E-state index >= 15 is 0 Å². The van der Waals surface area contributed by atoms with Crippen LogP contribution in [0.1, 0.15) is 13.8 Å². The van der Waals surface area contributed by atoms with Gasteiger partial charge in [-0.05, 0) is 26.0 Å². The summed E-state index contributed by atoms with van der Waals surface area (Å²) in [6.07, 6.45) is 0.171. The molecule has 0 saturated carbocycles. The van der Waals surface area contributed by atoms with Crippen molar-refractivity contribution in [2.45, 2.75) is 13.8 Å². The first-order valence-electron chi connectivity index (χ1n) is 5.88. The SMILES string of the molecule is CCOC(=O)NC1=C(NC(=O)OCC)C(=O)C=CC1=O. The Morgan fingerprint density at radius 1 is 0.900 bits per heavy atom. The Kier molecular flexibility index (Phi) is 5.45. The average Bonchev–Trinajstić information content (AvgIpc) is 2.38. The van der Waals surface area contributed by atoms with Gasteiger partial charge in [0.25, 0.3) is 0 Å². The molecule has 2 N–H and O–H groups in total. The fraction of sp³-hybridized carbons (Fsp3) is 0.333. The minimum atomic E-state index is -0.901. The summed E-state index contributed by atoms with van der Waals surface area (Å²) in [6.45, 7) is 3.36. The quantitative estimate of drug-likeness (QED) is 0.722. The van der Waals surface area contributed by atoms with Gasteiger partial charge in [0.05, 0.1) is 13.2 Å². The second-order valence-electron chi connectivity index (χ2n) is 3.50. The number of carbonyl (C=O) groups excluding carboxylic acids is 4. The number of hydrogen-bond acceptors (Lipinski definition) is 6. The smallest absolute Gasteiger partial charge is 0.411 e. The van der Waals surface area contributed by atoms with Gasteiger partial charge < -0.3 is 9.47 Å². The fourth-order valence-electron chi connectivity index (χ4n) is 1.35. The van der Waals surface area contributed by atoms with E-state index in [2.05, 4.69) is 20.1 Å². The van der Waals surface area contributed by atoms with Gasteiger partial charge in [-0.15, -0.1) is 0 Å². The molecule has 0 aromatic heterocycles. The maximum Gasteiger partial charge on any atom is 0.411 e. The van der Waals surface area contributed by atoms with Crippen LogP contribution in [0.4, 0.5) is 9.59 Å². The molecule has 1 rings (SSSR count). The van der Waals surface area contributed by atoms with Crippen molar-refractivity contribution in [1.82, 2.24) is 10.6 Å². The van der Waals surface area contributed by atoms with Crippen molar-refractivity contribution in [3.63, 3.8) is 0 Å². The Labute approximate surface area is 114 Å². The predicted octanol–water partition coefficient (Wildman–Crippen LogP) is 0.398. The third-order valence-corrected chi connectivity index (χ3v) is 2.13.